The topological polar surface area (TPSA) is 17.1 Å². The molecule has 1 heteroatoms. The van der Waals surface area contributed by atoms with E-state index in [2.05, 4.69) is 39.0 Å². The van der Waals surface area contributed by atoms with Crippen LogP contribution in [-0.2, 0) is 23.1 Å². The minimum atomic E-state index is 0.149. The molecule has 1 nitrogen and oxygen atoms in total. The van der Waals surface area contributed by atoms with E-state index < -0.39 is 0 Å². The zero-order valence-corrected chi connectivity index (χ0v) is 9.05. The largest absolute Gasteiger partial charge is 0.299 e. The molecule has 1 aromatic rings. The monoisotopic (exact) mass is 188 g/mol. The minimum absolute atomic E-state index is 0.149. The van der Waals surface area contributed by atoms with Crippen molar-refractivity contribution in [1.29, 1.82) is 0 Å². The standard InChI is InChI=1S/C13H16O/c1-13(2,3)12-6-4-5-9-7-10(14)8-11(9)12/h4-6H,7-8H2,1-3H3. The molecular formula is C13H16O. The quantitative estimate of drug-likeness (QED) is 0.611. The van der Waals surface area contributed by atoms with Crippen LogP contribution in [0.4, 0.5) is 0 Å². The maximum absolute atomic E-state index is 11.4. The zero-order valence-electron chi connectivity index (χ0n) is 9.05. The lowest BCUT2D eigenvalue weighted by atomic mass is 9.83. The molecule has 0 heterocycles. The molecule has 0 bridgehead atoms. The average molecular weight is 188 g/mol. The molecule has 0 amide bonds. The number of ketones is 1. The summed E-state index contributed by atoms with van der Waals surface area (Å²) in [7, 11) is 0. The van der Waals surface area contributed by atoms with E-state index in [1.807, 2.05) is 0 Å². The third-order valence-electron chi connectivity index (χ3n) is 2.84. The first kappa shape index (κ1) is 9.45. The van der Waals surface area contributed by atoms with Crippen LogP contribution in [-0.4, -0.2) is 5.78 Å². The molecular weight excluding hydrogens is 172 g/mol. The summed E-state index contributed by atoms with van der Waals surface area (Å²) in [6.07, 6.45) is 1.28. The van der Waals surface area contributed by atoms with Crippen LogP contribution in [0.1, 0.15) is 37.5 Å². The molecule has 14 heavy (non-hydrogen) atoms. The van der Waals surface area contributed by atoms with Crippen LogP contribution < -0.4 is 0 Å². The Morgan fingerprint density at radius 2 is 1.86 bits per heavy atom. The van der Waals surface area contributed by atoms with Gasteiger partial charge in [0.05, 0.1) is 0 Å². The van der Waals surface area contributed by atoms with Crippen molar-refractivity contribution in [2.24, 2.45) is 0 Å². The second kappa shape index (κ2) is 2.94. The van der Waals surface area contributed by atoms with Gasteiger partial charge in [-0.2, -0.15) is 0 Å². The first-order valence-corrected chi connectivity index (χ1v) is 5.11. The molecule has 0 radical (unpaired) electrons. The Morgan fingerprint density at radius 3 is 2.50 bits per heavy atom. The number of carbonyl (C=O) groups is 1. The summed E-state index contributed by atoms with van der Waals surface area (Å²) < 4.78 is 0. The molecule has 0 saturated carbocycles. The highest BCUT2D eigenvalue weighted by Gasteiger charge is 2.25. The third-order valence-corrected chi connectivity index (χ3v) is 2.84. The molecule has 0 unspecified atom stereocenters. The zero-order chi connectivity index (χ0) is 10.3. The Kier molecular flexibility index (Phi) is 1.99. The van der Waals surface area contributed by atoms with Gasteiger partial charge in [-0.05, 0) is 22.1 Å². The number of hydrogen-bond acceptors (Lipinski definition) is 1. The van der Waals surface area contributed by atoms with Crippen molar-refractivity contribution in [3.63, 3.8) is 0 Å². The fourth-order valence-electron chi connectivity index (χ4n) is 2.18. The molecule has 0 fully saturated rings. The van der Waals surface area contributed by atoms with Crippen molar-refractivity contribution in [3.8, 4) is 0 Å². The van der Waals surface area contributed by atoms with Gasteiger partial charge < -0.3 is 0 Å². The van der Waals surface area contributed by atoms with Gasteiger partial charge >= 0.3 is 0 Å². The van der Waals surface area contributed by atoms with Gasteiger partial charge in [-0.3, -0.25) is 4.79 Å². The maximum Gasteiger partial charge on any atom is 0.141 e. The number of hydrogen-bond donors (Lipinski definition) is 0. The molecule has 1 aliphatic rings. The van der Waals surface area contributed by atoms with Crippen LogP contribution in [0, 0.1) is 0 Å². The lowest BCUT2D eigenvalue weighted by molar-refractivity contribution is -0.117. The van der Waals surface area contributed by atoms with Crippen molar-refractivity contribution in [3.05, 3.63) is 34.9 Å². The lowest BCUT2D eigenvalue weighted by Gasteiger charge is -2.22. The Balaban J connectivity index is 2.55. The van der Waals surface area contributed by atoms with E-state index >= 15 is 0 Å². The van der Waals surface area contributed by atoms with Crippen molar-refractivity contribution in [2.45, 2.75) is 39.0 Å². The number of rotatable bonds is 0. The highest BCUT2D eigenvalue weighted by Crippen LogP contribution is 2.31. The molecule has 1 aromatic carbocycles. The molecule has 0 atom stereocenters. The third kappa shape index (κ3) is 1.47. The highest BCUT2D eigenvalue weighted by atomic mass is 16.1. The fraction of sp³-hybridized carbons (Fsp3) is 0.462. The predicted molar refractivity (Wildman–Crippen MR) is 57.6 cm³/mol. The summed E-state index contributed by atoms with van der Waals surface area (Å²) in [6.45, 7) is 6.60. The Morgan fingerprint density at radius 1 is 1.14 bits per heavy atom. The summed E-state index contributed by atoms with van der Waals surface area (Å²) in [6, 6.07) is 6.30. The van der Waals surface area contributed by atoms with Gasteiger partial charge in [-0.1, -0.05) is 39.0 Å². The smallest absolute Gasteiger partial charge is 0.141 e. The Bertz CT molecular complexity index is 383. The lowest BCUT2D eigenvalue weighted by Crippen LogP contribution is -2.14. The van der Waals surface area contributed by atoms with Gasteiger partial charge in [0.1, 0.15) is 5.78 Å². The van der Waals surface area contributed by atoms with Crippen molar-refractivity contribution >= 4 is 5.78 Å². The summed E-state index contributed by atoms with van der Waals surface area (Å²) >= 11 is 0. The Hall–Kier alpha value is -1.11. The van der Waals surface area contributed by atoms with Gasteiger partial charge in [-0.25, -0.2) is 0 Å². The van der Waals surface area contributed by atoms with Crippen molar-refractivity contribution in [1.82, 2.24) is 0 Å². The minimum Gasteiger partial charge on any atom is -0.299 e. The highest BCUT2D eigenvalue weighted by molar-refractivity contribution is 5.88. The predicted octanol–water partition coefficient (Wildman–Crippen LogP) is 2.65. The number of Topliss-reactive ketones (excluding diaryl/α,β-unsaturated/α-hetero) is 1. The van der Waals surface area contributed by atoms with Crippen LogP contribution in [0.25, 0.3) is 0 Å². The molecule has 1 aliphatic carbocycles. The van der Waals surface area contributed by atoms with E-state index in [0.717, 1.165) is 0 Å². The number of fused-ring (bicyclic) bond motifs is 1. The second-order valence-electron chi connectivity index (χ2n) is 5.09. The SMILES string of the molecule is CC(C)(C)c1cccc2c1CC(=O)C2. The summed E-state index contributed by atoms with van der Waals surface area (Å²) in [5, 5.41) is 0. The van der Waals surface area contributed by atoms with E-state index in [1.54, 1.807) is 0 Å². The van der Waals surface area contributed by atoms with Crippen molar-refractivity contribution in [2.75, 3.05) is 0 Å². The molecule has 0 saturated heterocycles. The van der Waals surface area contributed by atoms with Gasteiger partial charge in [0, 0.05) is 12.8 Å². The molecule has 0 aromatic heterocycles. The van der Waals surface area contributed by atoms with Gasteiger partial charge in [-0.15, -0.1) is 0 Å². The van der Waals surface area contributed by atoms with E-state index in [4.69, 9.17) is 0 Å². The van der Waals surface area contributed by atoms with E-state index in [0.29, 0.717) is 18.6 Å². The first-order chi connectivity index (χ1) is 6.48. The normalized spacial score (nSPS) is 15.8. The molecule has 0 N–H and O–H groups in total. The van der Waals surface area contributed by atoms with Crippen LogP contribution in [0.5, 0.6) is 0 Å². The number of benzene rings is 1. The molecule has 74 valence electrons. The summed E-state index contributed by atoms with van der Waals surface area (Å²) in [5.41, 5.74) is 4.00. The summed E-state index contributed by atoms with van der Waals surface area (Å²) in [4.78, 5) is 11.4. The van der Waals surface area contributed by atoms with Gasteiger partial charge in [0.2, 0.25) is 0 Å². The molecule has 0 aliphatic heterocycles. The molecule has 2 rings (SSSR count). The van der Waals surface area contributed by atoms with E-state index in [1.165, 1.54) is 16.7 Å². The Labute approximate surface area is 85.1 Å². The second-order valence-corrected chi connectivity index (χ2v) is 5.09. The fourth-order valence-corrected chi connectivity index (χ4v) is 2.18. The maximum atomic E-state index is 11.4. The molecule has 0 spiro atoms. The van der Waals surface area contributed by atoms with Crippen LogP contribution in [0.3, 0.4) is 0 Å². The van der Waals surface area contributed by atoms with Crippen LogP contribution in [0.2, 0.25) is 0 Å². The van der Waals surface area contributed by atoms with Crippen LogP contribution >= 0.6 is 0 Å². The van der Waals surface area contributed by atoms with E-state index in [-0.39, 0.29) is 5.41 Å². The van der Waals surface area contributed by atoms with Crippen LogP contribution in [0.15, 0.2) is 18.2 Å². The van der Waals surface area contributed by atoms with Gasteiger partial charge in [0.15, 0.2) is 0 Å². The number of carbonyl (C=O) groups excluding carboxylic acids is 1. The summed E-state index contributed by atoms with van der Waals surface area (Å²) in [5.74, 6) is 0.358. The van der Waals surface area contributed by atoms with Crippen molar-refractivity contribution < 1.29 is 4.79 Å². The average Bonchev–Trinajstić information content (AvgIpc) is 2.41. The van der Waals surface area contributed by atoms with E-state index in [9.17, 15) is 4.79 Å². The van der Waals surface area contributed by atoms with Gasteiger partial charge in [0.25, 0.3) is 0 Å². The first-order valence-electron chi connectivity index (χ1n) is 5.11.